The summed E-state index contributed by atoms with van der Waals surface area (Å²) >= 11 is 0. The number of carboxylic acid groups (broad SMARTS) is 2. The maximum Gasteiger partial charge on any atom is 0.356 e. The van der Waals surface area contributed by atoms with Crippen LogP contribution >= 0.6 is 0 Å². The van der Waals surface area contributed by atoms with Crippen molar-refractivity contribution >= 4 is 35.6 Å². The van der Waals surface area contributed by atoms with Crippen LogP contribution in [0.3, 0.4) is 0 Å². The smallest absolute Gasteiger partial charge is 0.356 e. The molecule has 0 saturated carbocycles. The Morgan fingerprint density at radius 3 is 2.22 bits per heavy atom. The summed E-state index contributed by atoms with van der Waals surface area (Å²) in [6.45, 7) is 0.655. The van der Waals surface area contributed by atoms with Gasteiger partial charge in [0.05, 0.1) is 6.04 Å². The molecule has 51 heavy (non-hydrogen) atoms. The van der Waals surface area contributed by atoms with Gasteiger partial charge in [0.1, 0.15) is 23.9 Å². The molecule has 2 aromatic carbocycles. The van der Waals surface area contributed by atoms with E-state index in [0.29, 0.717) is 50.8 Å². The third kappa shape index (κ3) is 10.7. The predicted octanol–water partition coefficient (Wildman–Crippen LogP) is 0.692. The normalized spacial score (nSPS) is 19.9. The number of carboxylic acids is 2. The standard InChI is InChI=1S/C36H48N6O9/c1-38-28(20-22-13-16-25(17-14-22)51-30(35(47)48)36(49)50)32(44)41-27-11-6-5-10-24-15-18-29(42(24)34(27)46)33(45)40-26(12-7-19-37)31(43)39-21-23-8-3-2-4-9-23/h2-4,8-9,13-14,16-17,24,26-30,38H,5-7,10-12,15,18-21,37H2,1H3,(H,39,43)(H,40,45)(H,41,44)(H,47,48)(H,49,50)/t24?,26-,27-,28-,29-/m0/s1. The molecule has 2 aliphatic rings. The number of hydrogen-bond donors (Lipinski definition) is 7. The van der Waals surface area contributed by atoms with E-state index in [9.17, 15) is 28.8 Å². The maximum absolute atomic E-state index is 14.1. The van der Waals surface area contributed by atoms with Gasteiger partial charge in [0.25, 0.3) is 6.10 Å². The fourth-order valence-electron chi connectivity index (χ4n) is 6.57. The molecule has 0 spiro atoms. The molecule has 4 amide bonds. The number of carbonyl (C=O) groups excluding carboxylic acids is 4. The summed E-state index contributed by atoms with van der Waals surface area (Å²) in [5.74, 6) is -4.72. The van der Waals surface area contributed by atoms with Gasteiger partial charge in [-0.2, -0.15) is 0 Å². The van der Waals surface area contributed by atoms with Gasteiger partial charge in [0, 0.05) is 12.6 Å². The first kappa shape index (κ1) is 38.8. The van der Waals surface area contributed by atoms with E-state index in [-0.39, 0.29) is 30.0 Å². The zero-order valence-electron chi connectivity index (χ0n) is 28.7. The predicted molar refractivity (Wildman–Crippen MR) is 185 cm³/mol. The average Bonchev–Trinajstić information content (AvgIpc) is 3.54. The Morgan fingerprint density at radius 2 is 1.57 bits per heavy atom. The summed E-state index contributed by atoms with van der Waals surface area (Å²) in [7, 11) is 1.61. The third-order valence-corrected chi connectivity index (χ3v) is 9.32. The van der Waals surface area contributed by atoms with Crippen LogP contribution < -0.4 is 31.7 Å². The number of amides is 4. The molecular weight excluding hydrogens is 660 g/mol. The van der Waals surface area contributed by atoms with E-state index < -0.39 is 54.0 Å². The zero-order valence-corrected chi connectivity index (χ0v) is 28.7. The Balaban J connectivity index is 1.40. The summed E-state index contributed by atoms with van der Waals surface area (Å²) in [6.07, 6.45) is 2.78. The van der Waals surface area contributed by atoms with Gasteiger partial charge in [0.15, 0.2) is 0 Å². The topological polar surface area (TPSA) is 229 Å². The Labute approximate surface area is 296 Å². The van der Waals surface area contributed by atoms with Gasteiger partial charge in [-0.1, -0.05) is 55.3 Å². The molecule has 2 aromatic rings. The van der Waals surface area contributed by atoms with E-state index in [4.69, 9.17) is 20.7 Å². The second-order valence-electron chi connectivity index (χ2n) is 12.9. The number of benzene rings is 2. The van der Waals surface area contributed by atoms with Gasteiger partial charge >= 0.3 is 11.9 Å². The van der Waals surface area contributed by atoms with Crippen molar-refractivity contribution in [2.24, 2.45) is 5.73 Å². The van der Waals surface area contributed by atoms with Crippen LogP contribution in [-0.4, -0.2) is 101 Å². The number of aliphatic carboxylic acids is 2. The lowest BCUT2D eigenvalue weighted by atomic mass is 9.98. The summed E-state index contributed by atoms with van der Waals surface area (Å²) in [6, 6.07) is 12.1. The van der Waals surface area contributed by atoms with E-state index in [1.54, 1.807) is 24.1 Å². The third-order valence-electron chi connectivity index (χ3n) is 9.32. The number of rotatable bonds is 17. The van der Waals surface area contributed by atoms with Crippen LogP contribution in [0.1, 0.15) is 62.5 Å². The minimum absolute atomic E-state index is 0.0383. The van der Waals surface area contributed by atoms with Crippen LogP contribution in [0.4, 0.5) is 0 Å². The molecule has 1 unspecified atom stereocenters. The van der Waals surface area contributed by atoms with Crippen molar-refractivity contribution in [2.45, 2.75) is 101 Å². The van der Waals surface area contributed by atoms with Crippen molar-refractivity contribution in [3.8, 4) is 5.75 Å². The number of carbonyl (C=O) groups is 6. The minimum Gasteiger partial charge on any atom is -0.478 e. The molecule has 5 atom stereocenters. The van der Waals surface area contributed by atoms with Crippen LogP contribution in [0.25, 0.3) is 0 Å². The zero-order chi connectivity index (χ0) is 36.9. The average molecular weight is 709 g/mol. The lowest BCUT2D eigenvalue weighted by Gasteiger charge is -2.36. The summed E-state index contributed by atoms with van der Waals surface area (Å²) in [4.78, 5) is 78.4. The Bertz CT molecular complexity index is 1510. The second kappa shape index (κ2) is 18.8. The molecule has 15 heteroatoms. The molecule has 0 aromatic heterocycles. The number of nitrogens with zero attached hydrogens (tertiary/aromatic N) is 1. The molecule has 2 fully saturated rings. The van der Waals surface area contributed by atoms with Crippen molar-refractivity contribution in [1.29, 1.82) is 0 Å². The van der Waals surface area contributed by atoms with Gasteiger partial charge in [-0.25, -0.2) is 9.59 Å². The Morgan fingerprint density at radius 1 is 0.882 bits per heavy atom. The molecule has 2 saturated heterocycles. The highest BCUT2D eigenvalue weighted by Crippen LogP contribution is 2.31. The van der Waals surface area contributed by atoms with E-state index >= 15 is 0 Å². The Hall–Kier alpha value is -5.02. The monoisotopic (exact) mass is 708 g/mol. The lowest BCUT2D eigenvalue weighted by molar-refractivity contribution is -0.159. The fourth-order valence-corrected chi connectivity index (χ4v) is 6.57. The minimum atomic E-state index is -2.06. The highest BCUT2D eigenvalue weighted by molar-refractivity contribution is 5.97. The van der Waals surface area contributed by atoms with Crippen molar-refractivity contribution in [3.05, 3.63) is 65.7 Å². The largest absolute Gasteiger partial charge is 0.478 e. The number of fused-ring (bicyclic) bond motifs is 1. The van der Waals surface area contributed by atoms with Crippen LogP contribution in [-0.2, 0) is 41.7 Å². The first-order chi connectivity index (χ1) is 24.5. The van der Waals surface area contributed by atoms with Gasteiger partial charge in [-0.3, -0.25) is 19.2 Å². The van der Waals surface area contributed by atoms with E-state index in [1.807, 2.05) is 30.3 Å². The SMILES string of the molecule is CN[C@@H](Cc1ccc(OC(C(=O)O)C(=O)O)cc1)C(=O)N[C@H]1CCCCC2CC[C@@H](C(=O)N[C@@H](CCCN)C(=O)NCc3ccccc3)N2C1=O. The molecular formula is C36H48N6O9. The van der Waals surface area contributed by atoms with E-state index in [0.717, 1.165) is 24.8 Å². The molecule has 4 rings (SSSR count). The first-order valence-electron chi connectivity index (χ1n) is 17.4. The van der Waals surface area contributed by atoms with Gasteiger partial charge in [-0.15, -0.1) is 0 Å². The van der Waals surface area contributed by atoms with Crippen LogP contribution in [0.5, 0.6) is 5.75 Å². The molecule has 0 bridgehead atoms. The van der Waals surface area contributed by atoms with E-state index in [2.05, 4.69) is 21.3 Å². The van der Waals surface area contributed by atoms with Crippen molar-refractivity contribution in [2.75, 3.05) is 13.6 Å². The van der Waals surface area contributed by atoms with Gasteiger partial charge in [0.2, 0.25) is 23.6 Å². The number of hydrogen-bond acceptors (Lipinski definition) is 9. The molecule has 2 heterocycles. The van der Waals surface area contributed by atoms with Crippen molar-refractivity contribution < 1.29 is 43.7 Å². The van der Waals surface area contributed by atoms with Crippen molar-refractivity contribution in [3.63, 3.8) is 0 Å². The highest BCUT2D eigenvalue weighted by Gasteiger charge is 2.44. The number of nitrogens with one attached hydrogen (secondary N) is 4. The second-order valence-corrected chi connectivity index (χ2v) is 12.9. The summed E-state index contributed by atoms with van der Waals surface area (Å²) < 4.78 is 5.05. The quantitative estimate of drug-likeness (QED) is 0.113. The van der Waals surface area contributed by atoms with Crippen molar-refractivity contribution in [1.82, 2.24) is 26.2 Å². The lowest BCUT2D eigenvalue weighted by Crippen LogP contribution is -2.59. The Kier molecular flexibility index (Phi) is 14.3. The van der Waals surface area contributed by atoms with Gasteiger partial charge < -0.3 is 46.9 Å². The number of likely N-dealkylation sites (N-methyl/N-ethyl adjacent to an activating group) is 1. The van der Waals surface area contributed by atoms with Crippen LogP contribution in [0.15, 0.2) is 54.6 Å². The fraction of sp³-hybridized carbons (Fsp3) is 0.500. The maximum atomic E-state index is 14.1. The molecule has 0 aliphatic carbocycles. The summed E-state index contributed by atoms with van der Waals surface area (Å²) in [5.41, 5.74) is 7.32. The molecule has 276 valence electrons. The molecule has 2 aliphatic heterocycles. The number of ether oxygens (including phenoxy) is 1. The van der Waals surface area contributed by atoms with Crippen LogP contribution in [0, 0.1) is 0 Å². The highest BCUT2D eigenvalue weighted by atomic mass is 16.5. The molecule has 15 nitrogen and oxygen atoms in total. The molecule has 0 radical (unpaired) electrons. The molecule has 8 N–H and O–H groups in total. The summed E-state index contributed by atoms with van der Waals surface area (Å²) in [5, 5.41) is 29.8. The van der Waals surface area contributed by atoms with Gasteiger partial charge in [-0.05, 0) is 81.8 Å². The van der Waals surface area contributed by atoms with E-state index in [1.165, 1.54) is 12.1 Å². The first-order valence-corrected chi connectivity index (χ1v) is 17.4. The van der Waals surface area contributed by atoms with Crippen LogP contribution in [0.2, 0.25) is 0 Å². The number of nitrogens with two attached hydrogens (primary N) is 1.